The van der Waals surface area contributed by atoms with Crippen molar-refractivity contribution in [1.29, 1.82) is 0 Å². The molecule has 40 heavy (non-hydrogen) atoms. The average Bonchev–Trinajstić information content (AvgIpc) is 3.65. The third-order valence-corrected chi connectivity index (χ3v) is 5.72. The minimum atomic E-state index is -4.72. The molecule has 2 aromatic carbocycles. The molecule has 5 rings (SSSR count). The molecule has 1 fully saturated rings. The first kappa shape index (κ1) is 26.5. The Labute approximate surface area is 223 Å². The van der Waals surface area contributed by atoms with Crippen molar-refractivity contribution in [3.63, 3.8) is 0 Å². The number of hydrogen-bond acceptors (Lipinski definition) is 8. The van der Waals surface area contributed by atoms with Gasteiger partial charge < -0.3 is 31.2 Å². The number of rotatable bonds is 7. The van der Waals surface area contributed by atoms with E-state index in [-0.39, 0.29) is 52.1 Å². The van der Waals surface area contributed by atoms with Crippen LogP contribution in [0.2, 0.25) is 0 Å². The lowest BCUT2D eigenvalue weighted by molar-refractivity contribution is -0.137. The van der Waals surface area contributed by atoms with Crippen molar-refractivity contribution in [2.75, 3.05) is 16.0 Å². The molecule has 0 bridgehead atoms. The Kier molecular flexibility index (Phi) is 7.02. The number of amidine groups is 1. The van der Waals surface area contributed by atoms with Crippen LogP contribution in [-0.2, 0) is 15.7 Å². The van der Waals surface area contributed by atoms with Crippen molar-refractivity contribution >= 4 is 35.2 Å². The Morgan fingerprint density at radius 3 is 2.48 bits per heavy atom. The van der Waals surface area contributed by atoms with E-state index in [0.29, 0.717) is 0 Å². The Morgan fingerprint density at radius 1 is 1.02 bits per heavy atom. The first-order valence-corrected chi connectivity index (χ1v) is 11.8. The molecule has 2 heterocycles. The molecular weight excluding hydrogens is 538 g/mol. The predicted molar refractivity (Wildman–Crippen MR) is 135 cm³/mol. The van der Waals surface area contributed by atoms with Gasteiger partial charge in [-0.05, 0) is 49.2 Å². The summed E-state index contributed by atoms with van der Waals surface area (Å²) in [5.74, 6) is -0.705. The third-order valence-electron chi connectivity index (χ3n) is 5.72. The highest BCUT2D eigenvalue weighted by Gasteiger charge is 2.33. The minimum Gasteiger partial charge on any atom is -0.454 e. The van der Waals surface area contributed by atoms with Gasteiger partial charge in [0.2, 0.25) is 12.1 Å². The van der Waals surface area contributed by atoms with Gasteiger partial charge in [-0.15, -0.1) is 5.10 Å². The van der Waals surface area contributed by atoms with Crippen LogP contribution in [0, 0.1) is 11.7 Å². The number of halogens is 4. The molecule has 208 valence electrons. The number of nitrogens with two attached hydrogens (primary N) is 1. The van der Waals surface area contributed by atoms with E-state index < -0.39 is 29.8 Å². The largest absolute Gasteiger partial charge is 0.454 e. The monoisotopic (exact) mass is 559 g/mol. The molecule has 0 radical (unpaired) electrons. The van der Waals surface area contributed by atoms with Gasteiger partial charge in [0.05, 0.1) is 5.56 Å². The van der Waals surface area contributed by atoms with Crippen LogP contribution < -0.4 is 31.8 Å². The molecule has 0 spiro atoms. The van der Waals surface area contributed by atoms with Gasteiger partial charge in [-0.1, -0.05) is 0 Å². The zero-order valence-electron chi connectivity index (χ0n) is 20.4. The van der Waals surface area contributed by atoms with E-state index in [1.54, 1.807) is 0 Å². The van der Waals surface area contributed by atoms with E-state index >= 15 is 0 Å². The number of carbonyl (C=O) groups is 2. The van der Waals surface area contributed by atoms with Gasteiger partial charge in [-0.25, -0.2) is 14.2 Å². The molecule has 11 nitrogen and oxygen atoms in total. The smallest absolute Gasteiger partial charge is 0.416 e. The number of ether oxygens (including phenoxy) is 2. The Balaban J connectivity index is 1.24. The lowest BCUT2D eigenvalue weighted by Gasteiger charge is -2.16. The standard InChI is InChI=1S/C25H21F4N7O4/c26-18-10-15(3-4-19(18)39-17-5-6-31-20(11-17)34-21(37)12-1-2-12)32-24(38)33-16-8-13(22-35-36-23(30)40-22)7-14(9-16)25(27,28)29/h3-12,22,35H,1-2H2,(H2,30,36)(H,31,34,37)(H2,32,33,38). The van der Waals surface area contributed by atoms with Crippen molar-refractivity contribution in [2.45, 2.75) is 25.2 Å². The van der Waals surface area contributed by atoms with Gasteiger partial charge in [-0.3, -0.25) is 10.2 Å². The number of alkyl halides is 3. The quantitative estimate of drug-likeness (QED) is 0.259. The molecule has 3 aromatic rings. The molecule has 2 aliphatic rings. The van der Waals surface area contributed by atoms with Crippen LogP contribution in [0.5, 0.6) is 11.5 Å². The van der Waals surface area contributed by atoms with Crippen LogP contribution in [0.3, 0.4) is 0 Å². The van der Waals surface area contributed by atoms with Crippen molar-refractivity contribution in [3.8, 4) is 11.5 Å². The highest BCUT2D eigenvalue weighted by molar-refractivity contribution is 6.00. The van der Waals surface area contributed by atoms with Crippen LogP contribution in [0.4, 0.5) is 39.5 Å². The van der Waals surface area contributed by atoms with Crippen molar-refractivity contribution in [3.05, 3.63) is 71.7 Å². The number of nitrogens with zero attached hydrogens (tertiary/aromatic N) is 2. The van der Waals surface area contributed by atoms with Crippen LogP contribution >= 0.6 is 0 Å². The lowest BCUT2D eigenvalue weighted by Crippen LogP contribution is -2.21. The maximum atomic E-state index is 14.7. The number of pyridine rings is 1. The van der Waals surface area contributed by atoms with Crippen LogP contribution in [0.25, 0.3) is 0 Å². The molecule has 6 N–H and O–H groups in total. The first-order valence-electron chi connectivity index (χ1n) is 11.8. The molecule has 1 unspecified atom stereocenters. The summed E-state index contributed by atoms with van der Waals surface area (Å²) in [5, 5.41) is 10.9. The number of hydrazone groups is 1. The van der Waals surface area contributed by atoms with Crippen molar-refractivity contribution in [1.82, 2.24) is 10.4 Å². The van der Waals surface area contributed by atoms with E-state index in [1.165, 1.54) is 36.5 Å². The average molecular weight is 559 g/mol. The summed E-state index contributed by atoms with van der Waals surface area (Å²) >= 11 is 0. The van der Waals surface area contributed by atoms with Gasteiger partial charge >= 0.3 is 18.2 Å². The number of anilines is 3. The SMILES string of the molecule is NC1=NNC(c2cc(NC(=O)Nc3ccc(Oc4ccnc(NC(=O)C5CC5)c4)c(F)c3)cc(C(F)(F)F)c2)O1. The molecule has 1 aliphatic carbocycles. The Bertz CT molecular complexity index is 1490. The number of aromatic nitrogens is 1. The molecule has 1 saturated carbocycles. The van der Waals surface area contributed by atoms with E-state index in [0.717, 1.165) is 31.0 Å². The summed E-state index contributed by atoms with van der Waals surface area (Å²) in [6, 6.07) is 8.09. The molecule has 15 heteroatoms. The van der Waals surface area contributed by atoms with Crippen molar-refractivity contribution in [2.24, 2.45) is 16.8 Å². The molecule has 1 atom stereocenters. The fourth-order valence-corrected chi connectivity index (χ4v) is 3.68. The normalized spacial score (nSPS) is 16.3. The molecule has 0 saturated heterocycles. The molecular formula is C25H21F4N7O4. The number of nitrogens with one attached hydrogen (secondary N) is 4. The van der Waals surface area contributed by atoms with Gasteiger partial charge in [0.1, 0.15) is 11.6 Å². The second kappa shape index (κ2) is 10.6. The Hall–Kier alpha value is -5.08. The summed E-state index contributed by atoms with van der Waals surface area (Å²) in [4.78, 5) is 28.5. The summed E-state index contributed by atoms with van der Waals surface area (Å²) in [6.07, 6.45) is -2.76. The second-order valence-corrected chi connectivity index (χ2v) is 8.89. The maximum Gasteiger partial charge on any atom is 0.416 e. The van der Waals surface area contributed by atoms with Crippen LogP contribution in [-0.4, -0.2) is 22.9 Å². The summed E-state index contributed by atoms with van der Waals surface area (Å²) in [6.45, 7) is 0. The predicted octanol–water partition coefficient (Wildman–Crippen LogP) is 4.87. The third kappa shape index (κ3) is 6.48. The summed E-state index contributed by atoms with van der Waals surface area (Å²) in [7, 11) is 0. The lowest BCUT2D eigenvalue weighted by atomic mass is 10.1. The molecule has 1 aliphatic heterocycles. The maximum absolute atomic E-state index is 14.7. The summed E-state index contributed by atoms with van der Waals surface area (Å²) in [5.41, 5.74) is 6.59. The van der Waals surface area contributed by atoms with Gasteiger partial charge in [0, 0.05) is 41.2 Å². The zero-order chi connectivity index (χ0) is 28.4. The topological polar surface area (TPSA) is 152 Å². The fourth-order valence-electron chi connectivity index (χ4n) is 3.68. The highest BCUT2D eigenvalue weighted by Crippen LogP contribution is 2.35. The molecule has 1 aromatic heterocycles. The van der Waals surface area contributed by atoms with Crippen LogP contribution in [0.15, 0.2) is 59.8 Å². The number of urea groups is 1. The number of hydrogen-bond donors (Lipinski definition) is 5. The van der Waals surface area contributed by atoms with E-state index in [1.807, 2.05) is 0 Å². The number of benzene rings is 2. The van der Waals surface area contributed by atoms with Crippen molar-refractivity contribution < 1.29 is 36.6 Å². The Morgan fingerprint density at radius 2 is 1.80 bits per heavy atom. The second-order valence-electron chi connectivity index (χ2n) is 8.89. The fraction of sp³-hybridized carbons (Fsp3) is 0.200. The van der Waals surface area contributed by atoms with Gasteiger partial charge in [0.25, 0.3) is 0 Å². The molecule has 3 amide bonds. The minimum absolute atomic E-state index is 0.00336. The zero-order valence-corrected chi connectivity index (χ0v) is 20.4. The van der Waals surface area contributed by atoms with Gasteiger partial charge in [-0.2, -0.15) is 13.2 Å². The van der Waals surface area contributed by atoms with E-state index in [9.17, 15) is 27.2 Å². The summed E-state index contributed by atoms with van der Waals surface area (Å²) < 4.78 is 65.7. The highest BCUT2D eigenvalue weighted by atomic mass is 19.4. The van der Waals surface area contributed by atoms with Crippen LogP contribution in [0.1, 0.15) is 30.2 Å². The number of carbonyl (C=O) groups excluding carboxylic acids is 2. The number of amides is 3. The van der Waals surface area contributed by atoms with Gasteiger partial charge in [0.15, 0.2) is 11.6 Å². The van der Waals surface area contributed by atoms with E-state index in [2.05, 4.69) is 31.5 Å². The first-order chi connectivity index (χ1) is 19.0. The van der Waals surface area contributed by atoms with E-state index in [4.69, 9.17) is 15.2 Å².